The Hall–Kier alpha value is -0.530. The van der Waals surface area contributed by atoms with Gasteiger partial charge in [-0.25, -0.2) is 0 Å². The predicted molar refractivity (Wildman–Crippen MR) is 65.6 cm³/mol. The lowest BCUT2D eigenvalue weighted by Crippen LogP contribution is -2.23. The standard InChI is InChI=1S/C14H17ClO/c1-9(11-3-4-11)14(10(2)16-14)12-5-7-13(15)8-6-12/h5-11H,3-4H2,1-2H3. The van der Waals surface area contributed by atoms with Gasteiger partial charge in [0.25, 0.3) is 0 Å². The first-order valence-electron chi connectivity index (χ1n) is 6.08. The van der Waals surface area contributed by atoms with Crippen molar-refractivity contribution in [2.24, 2.45) is 11.8 Å². The number of benzene rings is 1. The summed E-state index contributed by atoms with van der Waals surface area (Å²) in [6, 6.07) is 8.16. The van der Waals surface area contributed by atoms with Crippen LogP contribution in [0.1, 0.15) is 32.3 Å². The minimum atomic E-state index is -0.0221. The van der Waals surface area contributed by atoms with Gasteiger partial charge in [0.05, 0.1) is 6.10 Å². The van der Waals surface area contributed by atoms with Crippen LogP contribution in [0.25, 0.3) is 0 Å². The number of hydrogen-bond acceptors (Lipinski definition) is 1. The van der Waals surface area contributed by atoms with Crippen LogP contribution in [-0.4, -0.2) is 6.10 Å². The fourth-order valence-corrected chi connectivity index (χ4v) is 3.08. The third-order valence-electron chi connectivity index (χ3n) is 4.22. The maximum atomic E-state index is 5.95. The van der Waals surface area contributed by atoms with Gasteiger partial charge in [0.1, 0.15) is 5.60 Å². The van der Waals surface area contributed by atoms with E-state index in [2.05, 4.69) is 26.0 Å². The summed E-state index contributed by atoms with van der Waals surface area (Å²) in [5, 5.41) is 0.797. The first-order valence-corrected chi connectivity index (χ1v) is 6.46. The molecule has 3 rings (SSSR count). The Labute approximate surface area is 102 Å². The van der Waals surface area contributed by atoms with Gasteiger partial charge < -0.3 is 4.74 Å². The molecule has 1 saturated heterocycles. The first kappa shape index (κ1) is 10.6. The maximum absolute atomic E-state index is 5.95. The third-order valence-corrected chi connectivity index (χ3v) is 4.47. The van der Waals surface area contributed by atoms with Crippen molar-refractivity contribution in [1.29, 1.82) is 0 Å². The highest BCUT2D eigenvalue weighted by atomic mass is 35.5. The number of epoxide rings is 1. The van der Waals surface area contributed by atoms with Crippen molar-refractivity contribution in [3.8, 4) is 0 Å². The predicted octanol–water partition coefficient (Wildman–Crippen LogP) is 4.00. The van der Waals surface area contributed by atoms with Crippen LogP contribution in [0.3, 0.4) is 0 Å². The molecular formula is C14H17ClO. The Morgan fingerprint density at radius 2 is 1.88 bits per heavy atom. The van der Waals surface area contributed by atoms with Gasteiger partial charge in [-0.1, -0.05) is 30.7 Å². The number of halogens is 1. The largest absolute Gasteiger partial charge is 0.361 e. The fraction of sp³-hybridized carbons (Fsp3) is 0.571. The lowest BCUT2D eigenvalue weighted by molar-refractivity contribution is 0.209. The second kappa shape index (κ2) is 3.48. The van der Waals surface area contributed by atoms with Crippen molar-refractivity contribution in [3.05, 3.63) is 34.9 Å². The van der Waals surface area contributed by atoms with E-state index in [1.54, 1.807) is 0 Å². The average Bonchev–Trinajstić information content (AvgIpc) is 3.13. The zero-order valence-electron chi connectivity index (χ0n) is 9.74. The van der Waals surface area contributed by atoms with E-state index in [1.807, 2.05) is 12.1 Å². The quantitative estimate of drug-likeness (QED) is 0.723. The Morgan fingerprint density at radius 1 is 1.31 bits per heavy atom. The highest BCUT2D eigenvalue weighted by molar-refractivity contribution is 6.30. The molecule has 2 heteroatoms. The number of ether oxygens (including phenoxy) is 1. The van der Waals surface area contributed by atoms with Crippen LogP contribution in [0.5, 0.6) is 0 Å². The van der Waals surface area contributed by atoms with Gasteiger partial charge in [0, 0.05) is 5.02 Å². The van der Waals surface area contributed by atoms with Crippen molar-refractivity contribution >= 4 is 11.6 Å². The molecule has 0 radical (unpaired) electrons. The van der Waals surface area contributed by atoms with E-state index >= 15 is 0 Å². The number of rotatable bonds is 3. The second-order valence-corrected chi connectivity index (χ2v) is 5.62. The van der Waals surface area contributed by atoms with E-state index < -0.39 is 0 Å². The highest BCUT2D eigenvalue weighted by Gasteiger charge is 2.61. The van der Waals surface area contributed by atoms with Crippen LogP contribution in [0, 0.1) is 11.8 Å². The summed E-state index contributed by atoms with van der Waals surface area (Å²) >= 11 is 5.93. The molecule has 1 saturated carbocycles. The average molecular weight is 237 g/mol. The van der Waals surface area contributed by atoms with Crippen molar-refractivity contribution in [3.63, 3.8) is 0 Å². The molecule has 3 atom stereocenters. The van der Waals surface area contributed by atoms with Gasteiger partial charge >= 0.3 is 0 Å². The second-order valence-electron chi connectivity index (χ2n) is 5.19. The molecule has 1 aromatic carbocycles. The Bertz CT molecular complexity index is 396. The van der Waals surface area contributed by atoms with Crippen LogP contribution in [0.2, 0.25) is 5.02 Å². The lowest BCUT2D eigenvalue weighted by Gasteiger charge is -2.21. The van der Waals surface area contributed by atoms with Gasteiger partial charge in [-0.2, -0.15) is 0 Å². The summed E-state index contributed by atoms with van der Waals surface area (Å²) in [5.41, 5.74) is 1.27. The van der Waals surface area contributed by atoms with Gasteiger partial charge in [0.2, 0.25) is 0 Å². The molecule has 1 aromatic rings. The highest BCUT2D eigenvalue weighted by Crippen LogP contribution is 2.58. The van der Waals surface area contributed by atoms with E-state index in [9.17, 15) is 0 Å². The molecule has 1 nitrogen and oxygen atoms in total. The summed E-state index contributed by atoms with van der Waals surface area (Å²) in [5.74, 6) is 1.49. The van der Waals surface area contributed by atoms with Crippen LogP contribution in [0.15, 0.2) is 24.3 Å². The van der Waals surface area contributed by atoms with Crippen LogP contribution in [0.4, 0.5) is 0 Å². The summed E-state index contributed by atoms with van der Waals surface area (Å²) in [6.45, 7) is 4.50. The Balaban J connectivity index is 1.92. The zero-order valence-corrected chi connectivity index (χ0v) is 10.5. The first-order chi connectivity index (χ1) is 7.64. The molecule has 16 heavy (non-hydrogen) atoms. The van der Waals surface area contributed by atoms with Crippen molar-refractivity contribution in [2.75, 3.05) is 0 Å². The summed E-state index contributed by atoms with van der Waals surface area (Å²) in [4.78, 5) is 0. The van der Waals surface area contributed by atoms with Gasteiger partial charge in [-0.05, 0) is 49.3 Å². The minimum absolute atomic E-state index is 0.0221. The van der Waals surface area contributed by atoms with E-state index in [1.165, 1.54) is 18.4 Å². The van der Waals surface area contributed by atoms with Crippen LogP contribution < -0.4 is 0 Å². The van der Waals surface area contributed by atoms with E-state index in [4.69, 9.17) is 16.3 Å². The monoisotopic (exact) mass is 236 g/mol. The topological polar surface area (TPSA) is 12.5 Å². The Morgan fingerprint density at radius 3 is 2.31 bits per heavy atom. The molecule has 2 fully saturated rings. The van der Waals surface area contributed by atoms with Crippen molar-refractivity contribution in [1.82, 2.24) is 0 Å². The van der Waals surface area contributed by atoms with E-state index in [0.717, 1.165) is 10.9 Å². The summed E-state index contributed by atoms with van der Waals surface area (Å²) in [6.07, 6.45) is 3.09. The minimum Gasteiger partial charge on any atom is -0.361 e. The smallest absolute Gasteiger partial charge is 0.122 e. The molecular weight excluding hydrogens is 220 g/mol. The molecule has 0 amide bonds. The van der Waals surface area contributed by atoms with Crippen LogP contribution in [-0.2, 0) is 10.3 Å². The fourth-order valence-electron chi connectivity index (χ4n) is 2.96. The molecule has 1 aliphatic heterocycles. The molecule has 0 bridgehead atoms. The maximum Gasteiger partial charge on any atom is 0.122 e. The third kappa shape index (κ3) is 1.49. The molecule has 0 N–H and O–H groups in total. The zero-order chi connectivity index (χ0) is 11.3. The SMILES string of the molecule is CC1OC1(c1ccc(Cl)cc1)C(C)C1CC1. The summed E-state index contributed by atoms with van der Waals surface area (Å²) < 4.78 is 5.95. The molecule has 2 aliphatic rings. The van der Waals surface area contributed by atoms with E-state index in [0.29, 0.717) is 12.0 Å². The van der Waals surface area contributed by atoms with Crippen molar-refractivity contribution in [2.45, 2.75) is 38.4 Å². The molecule has 1 heterocycles. The lowest BCUT2D eigenvalue weighted by atomic mass is 9.81. The van der Waals surface area contributed by atoms with Gasteiger partial charge in [-0.15, -0.1) is 0 Å². The molecule has 86 valence electrons. The van der Waals surface area contributed by atoms with Crippen molar-refractivity contribution < 1.29 is 4.74 Å². The Kier molecular flexibility index (Phi) is 2.31. The summed E-state index contributed by atoms with van der Waals surface area (Å²) in [7, 11) is 0. The van der Waals surface area contributed by atoms with Crippen LogP contribution >= 0.6 is 11.6 Å². The molecule has 1 aliphatic carbocycles. The van der Waals surface area contributed by atoms with E-state index in [-0.39, 0.29) is 5.60 Å². The molecule has 0 spiro atoms. The molecule has 0 aromatic heterocycles. The van der Waals surface area contributed by atoms with Gasteiger partial charge in [-0.3, -0.25) is 0 Å². The number of hydrogen-bond donors (Lipinski definition) is 0. The normalized spacial score (nSPS) is 34.8. The van der Waals surface area contributed by atoms with Gasteiger partial charge in [0.15, 0.2) is 0 Å². The molecule has 3 unspecified atom stereocenters.